The number of nitrogens with two attached hydrogens (primary N) is 2. The van der Waals surface area contributed by atoms with E-state index >= 15 is 0 Å². The van der Waals surface area contributed by atoms with Gasteiger partial charge in [-0.1, -0.05) is 53.5 Å². The van der Waals surface area contributed by atoms with Crippen molar-refractivity contribution < 1.29 is 49.1 Å². The number of phenols is 2. The van der Waals surface area contributed by atoms with E-state index < -0.39 is 79.3 Å². The normalized spacial score (nSPS) is 12.7. The summed E-state index contributed by atoms with van der Waals surface area (Å²) in [5.74, 6) is -1.52. The van der Waals surface area contributed by atoms with Crippen molar-refractivity contribution in [3.05, 3.63) is 113 Å². The monoisotopic (exact) mass is 936 g/mol. The fourth-order valence-corrected chi connectivity index (χ4v) is 8.39. The number of nitrogens with zero attached hydrogens (tertiary/aromatic N) is 6. The fourth-order valence-electron chi connectivity index (χ4n) is 6.08. The second-order valence-corrected chi connectivity index (χ2v) is 18.1. The second-order valence-electron chi connectivity index (χ2n) is 13.1. The van der Waals surface area contributed by atoms with Gasteiger partial charge in [0.25, 0.3) is 30.4 Å². The van der Waals surface area contributed by atoms with Crippen molar-refractivity contribution in [3.8, 4) is 22.6 Å². The number of hydrogen-bond acceptors (Lipinski definition) is 16. The Hall–Kier alpha value is -6.63. The maximum atomic E-state index is 12.5. The molecule has 19 nitrogen and oxygen atoms in total. The van der Waals surface area contributed by atoms with Crippen molar-refractivity contribution in [1.29, 1.82) is 0 Å². The third-order valence-corrected chi connectivity index (χ3v) is 12.1. The quantitative estimate of drug-likeness (QED) is 0.0381. The minimum absolute atomic E-state index is 0.0180. The van der Waals surface area contributed by atoms with E-state index in [4.69, 9.17) is 34.7 Å². The lowest BCUT2D eigenvalue weighted by atomic mass is 10.0. The molecule has 0 bridgehead atoms. The Morgan fingerprint density at radius 2 is 0.952 bits per heavy atom. The summed E-state index contributed by atoms with van der Waals surface area (Å²) in [5.41, 5.74) is 11.5. The van der Waals surface area contributed by atoms with E-state index in [1.807, 2.05) is 0 Å². The van der Waals surface area contributed by atoms with Crippen molar-refractivity contribution in [2.24, 2.45) is 30.7 Å². The molecule has 0 radical (unpaired) electrons. The molecule has 0 aliphatic rings. The number of azo groups is 3. The van der Waals surface area contributed by atoms with Gasteiger partial charge in [-0.3, -0.25) is 13.7 Å². The number of anilines is 2. The largest absolute Gasteiger partial charge is 0.505 e. The second kappa shape index (κ2) is 16.3. The van der Waals surface area contributed by atoms with Crippen LogP contribution in [0.4, 0.5) is 45.5 Å². The highest BCUT2D eigenvalue weighted by Gasteiger charge is 2.28. The molecule has 0 saturated carbocycles. The van der Waals surface area contributed by atoms with Crippen LogP contribution in [0.25, 0.3) is 32.7 Å². The number of aromatic hydroxyl groups is 2. The van der Waals surface area contributed by atoms with Gasteiger partial charge in [-0.2, -0.15) is 35.5 Å². The molecule has 62 heavy (non-hydrogen) atoms. The molecule has 0 saturated heterocycles. The van der Waals surface area contributed by atoms with Crippen LogP contribution < -0.4 is 11.5 Å². The maximum Gasteiger partial charge on any atom is 0.296 e. The Labute approximate surface area is 360 Å². The molecule has 7 aromatic carbocycles. The van der Waals surface area contributed by atoms with Gasteiger partial charge >= 0.3 is 0 Å². The van der Waals surface area contributed by atoms with Crippen LogP contribution in [0.3, 0.4) is 0 Å². The first kappa shape index (κ1) is 43.5. The van der Waals surface area contributed by atoms with Crippen molar-refractivity contribution in [1.82, 2.24) is 0 Å². The first-order chi connectivity index (χ1) is 29.1. The van der Waals surface area contributed by atoms with Crippen molar-refractivity contribution in [2.45, 2.75) is 14.7 Å². The van der Waals surface area contributed by atoms with Crippen LogP contribution >= 0.6 is 23.2 Å². The predicted octanol–water partition coefficient (Wildman–Crippen LogP) is 10.5. The molecule has 24 heteroatoms. The molecule has 0 spiro atoms. The molecule has 0 aromatic heterocycles. The summed E-state index contributed by atoms with van der Waals surface area (Å²) in [4.78, 5) is -2.59. The van der Waals surface area contributed by atoms with E-state index in [1.165, 1.54) is 48.5 Å². The molecule has 0 aliphatic heterocycles. The Kier molecular flexibility index (Phi) is 11.4. The fraction of sp³-hybridized carbons (Fsp3) is 0. The average Bonchev–Trinajstić information content (AvgIpc) is 3.20. The number of rotatable bonds is 10. The Bertz CT molecular complexity index is 3450. The number of nitrogen functional groups attached to an aromatic ring is 2. The summed E-state index contributed by atoms with van der Waals surface area (Å²) in [7, 11) is -15.1. The minimum Gasteiger partial charge on any atom is -0.505 e. The Morgan fingerprint density at radius 3 is 1.47 bits per heavy atom. The van der Waals surface area contributed by atoms with Crippen LogP contribution in [0.1, 0.15) is 0 Å². The predicted molar refractivity (Wildman–Crippen MR) is 230 cm³/mol. The van der Waals surface area contributed by atoms with Gasteiger partial charge in [-0.05, 0) is 94.7 Å². The summed E-state index contributed by atoms with van der Waals surface area (Å²) in [6, 6.07) is 23.8. The third kappa shape index (κ3) is 8.88. The van der Waals surface area contributed by atoms with E-state index in [2.05, 4.69) is 30.7 Å². The van der Waals surface area contributed by atoms with Crippen LogP contribution in [-0.2, 0) is 30.4 Å². The highest BCUT2D eigenvalue weighted by molar-refractivity contribution is 7.86. The molecule has 7 rings (SSSR count). The van der Waals surface area contributed by atoms with E-state index in [1.54, 1.807) is 36.4 Å². The van der Waals surface area contributed by atoms with Crippen LogP contribution in [0.5, 0.6) is 11.5 Å². The molecule has 0 aliphatic carbocycles. The Balaban J connectivity index is 1.20. The molecular weight excluding hydrogens is 912 g/mol. The number of benzene rings is 7. The van der Waals surface area contributed by atoms with Gasteiger partial charge in [0.2, 0.25) is 0 Å². The molecule has 0 fully saturated rings. The summed E-state index contributed by atoms with van der Waals surface area (Å²) < 4.78 is 104. The zero-order valence-electron chi connectivity index (χ0n) is 30.8. The summed E-state index contributed by atoms with van der Waals surface area (Å²) in [6.45, 7) is 0. The topological polar surface area (TPSA) is 330 Å². The lowest BCUT2D eigenvalue weighted by Crippen LogP contribution is -2.03. The lowest BCUT2D eigenvalue weighted by Gasteiger charge is -2.14. The summed E-state index contributed by atoms with van der Waals surface area (Å²) in [6.07, 6.45) is 0. The van der Waals surface area contributed by atoms with E-state index in [-0.39, 0.29) is 48.7 Å². The average molecular weight is 938 g/mol. The van der Waals surface area contributed by atoms with Crippen LogP contribution in [-0.4, -0.2) is 49.1 Å². The molecule has 0 atom stereocenters. The van der Waals surface area contributed by atoms with Crippen LogP contribution in [0, 0.1) is 0 Å². The number of fused-ring (bicyclic) bond motifs is 2. The number of halogens is 2. The van der Waals surface area contributed by atoms with Gasteiger partial charge in [-0.25, -0.2) is 0 Å². The lowest BCUT2D eigenvalue weighted by molar-refractivity contribution is 0.471. The zero-order chi connectivity index (χ0) is 44.9. The summed E-state index contributed by atoms with van der Waals surface area (Å²) in [5, 5.41) is 45.8. The minimum atomic E-state index is -5.17. The number of hydrogen-bond donors (Lipinski definition) is 7. The van der Waals surface area contributed by atoms with Gasteiger partial charge in [-0.15, -0.1) is 20.5 Å². The Morgan fingerprint density at radius 1 is 0.484 bits per heavy atom. The van der Waals surface area contributed by atoms with Gasteiger partial charge in [0, 0.05) is 16.1 Å². The van der Waals surface area contributed by atoms with Crippen molar-refractivity contribution in [2.75, 3.05) is 11.5 Å². The first-order valence-electron chi connectivity index (χ1n) is 17.1. The molecule has 0 heterocycles. The first-order valence-corrected chi connectivity index (χ1v) is 22.2. The molecule has 7 aromatic rings. The number of phenolic OH excluding ortho intramolecular Hbond substituents is 2. The van der Waals surface area contributed by atoms with E-state index in [0.717, 1.165) is 18.2 Å². The maximum absolute atomic E-state index is 12.5. The van der Waals surface area contributed by atoms with Gasteiger partial charge in [0.1, 0.15) is 37.4 Å². The van der Waals surface area contributed by atoms with E-state index in [9.17, 15) is 49.1 Å². The van der Waals surface area contributed by atoms with Crippen molar-refractivity contribution >= 4 is 121 Å². The summed E-state index contributed by atoms with van der Waals surface area (Å²) >= 11 is 12.1. The third-order valence-electron chi connectivity index (χ3n) is 8.99. The molecule has 0 unspecified atom stereocenters. The van der Waals surface area contributed by atoms with Gasteiger partial charge in [0.15, 0.2) is 11.5 Å². The standard InChI is InChI=1S/C38H26Cl2N8O11S3/c39-22-6-12-27(40)28(16-22)45-46-34-29(60(51,52)53)14-21-15-31(62(57,58)59)36(38(50)32(21)33(34)42)48-44-25-10-4-19(5-11-25)18-2-8-24(9-3-18)43-47-35-30(61(54,55)56)13-20-1-7-23(41)17-26(20)37(35)49/h1-17,49-50H,41-42H2,(H,51,52,53)(H,54,55,56)(H,57,58,59). The highest BCUT2D eigenvalue weighted by Crippen LogP contribution is 2.49. The zero-order valence-corrected chi connectivity index (χ0v) is 34.8. The molecule has 316 valence electrons. The van der Waals surface area contributed by atoms with E-state index in [0.29, 0.717) is 16.8 Å². The molecule has 9 N–H and O–H groups in total. The smallest absolute Gasteiger partial charge is 0.296 e. The van der Waals surface area contributed by atoms with Crippen LogP contribution in [0.15, 0.2) is 149 Å². The van der Waals surface area contributed by atoms with Gasteiger partial charge in [0.05, 0.1) is 27.5 Å². The molecular formula is C38H26Cl2N8O11S3. The highest BCUT2D eigenvalue weighted by atomic mass is 35.5. The molecule has 0 amide bonds. The van der Waals surface area contributed by atoms with Crippen molar-refractivity contribution in [3.63, 3.8) is 0 Å². The van der Waals surface area contributed by atoms with Gasteiger partial charge < -0.3 is 21.7 Å². The SMILES string of the molecule is Nc1ccc2cc(S(=O)(=O)O)c(N=Nc3ccc(-c4ccc(N=Nc5c(S(=O)(=O)O)cc6cc(S(=O)(=O)O)c(N=Nc7cc(Cl)ccc7Cl)c(N)c6c5O)cc4)cc3)c(O)c2c1. The van der Waals surface area contributed by atoms with Crippen LogP contribution in [0.2, 0.25) is 10.0 Å².